The quantitative estimate of drug-likeness (QED) is 0.537. The van der Waals surface area contributed by atoms with Crippen LogP contribution in [0, 0.1) is 5.92 Å². The molecular weight excluding hydrogens is 482 g/mol. The van der Waals surface area contributed by atoms with Gasteiger partial charge in [-0.2, -0.15) is 0 Å². The van der Waals surface area contributed by atoms with Crippen molar-refractivity contribution in [1.82, 2.24) is 14.9 Å². The van der Waals surface area contributed by atoms with E-state index in [0.717, 1.165) is 58.9 Å². The summed E-state index contributed by atoms with van der Waals surface area (Å²) in [5.41, 5.74) is 3.27. The molecule has 2 aliphatic heterocycles. The number of piperazine rings is 1. The number of amides is 1. The van der Waals surface area contributed by atoms with E-state index in [1.807, 2.05) is 45.2 Å². The fourth-order valence-corrected chi connectivity index (χ4v) is 5.10. The third kappa shape index (κ3) is 5.62. The van der Waals surface area contributed by atoms with Crippen LogP contribution in [0.3, 0.4) is 0 Å². The minimum atomic E-state index is -0.497. The standard InChI is InChI=1S/C29H37N5O4/c1-29(2,3)38-28(36)33-13-11-32(12-14-33)27-8-5-21(17-30-27)24-16-26(34-10-9-20(18-34)19-35)23-7-6-22(37-4)15-25(23)31-24/h5-8,15-17,20,35H,9-14,18-19H2,1-4H3. The second kappa shape index (κ2) is 10.6. The molecule has 0 saturated carbocycles. The monoisotopic (exact) mass is 519 g/mol. The Labute approximate surface area is 224 Å². The van der Waals surface area contributed by atoms with Crippen LogP contribution in [0.15, 0.2) is 42.6 Å². The van der Waals surface area contributed by atoms with Crippen molar-refractivity contribution in [3.05, 3.63) is 42.6 Å². The summed E-state index contributed by atoms with van der Waals surface area (Å²) in [6.07, 6.45) is 2.58. The first kappa shape index (κ1) is 26.0. The van der Waals surface area contributed by atoms with E-state index in [-0.39, 0.29) is 18.6 Å². The van der Waals surface area contributed by atoms with Crippen molar-refractivity contribution >= 4 is 28.5 Å². The van der Waals surface area contributed by atoms with Crippen LogP contribution in [0.1, 0.15) is 27.2 Å². The Kier molecular flexibility index (Phi) is 7.29. The Bertz CT molecular complexity index is 1280. The molecule has 1 aromatic carbocycles. The molecule has 1 atom stereocenters. The molecule has 202 valence electrons. The summed E-state index contributed by atoms with van der Waals surface area (Å²) in [4.78, 5) is 28.4. The van der Waals surface area contributed by atoms with Crippen molar-refractivity contribution in [3.63, 3.8) is 0 Å². The number of aliphatic hydroxyl groups is 1. The Hall–Kier alpha value is -3.59. The number of aromatic nitrogens is 2. The molecular formula is C29H37N5O4. The fraction of sp³-hybridized carbons (Fsp3) is 0.483. The number of nitrogens with zero attached hydrogens (tertiary/aromatic N) is 5. The molecule has 0 spiro atoms. The first-order valence-electron chi connectivity index (χ1n) is 13.3. The van der Waals surface area contributed by atoms with Gasteiger partial charge in [0.2, 0.25) is 0 Å². The first-order valence-corrected chi connectivity index (χ1v) is 13.3. The number of methoxy groups -OCH3 is 1. The Balaban J connectivity index is 1.36. The normalized spacial score (nSPS) is 18.2. The SMILES string of the molecule is COc1ccc2c(N3CCC(CO)C3)cc(-c3ccc(N4CCN(C(=O)OC(C)(C)C)CC4)nc3)nc2c1. The lowest BCUT2D eigenvalue weighted by Crippen LogP contribution is -2.50. The van der Waals surface area contributed by atoms with E-state index < -0.39 is 5.60 Å². The highest BCUT2D eigenvalue weighted by molar-refractivity contribution is 5.95. The average Bonchev–Trinajstić information content (AvgIpc) is 3.40. The van der Waals surface area contributed by atoms with Crippen LogP contribution in [0.25, 0.3) is 22.2 Å². The number of rotatable bonds is 5. The van der Waals surface area contributed by atoms with Crippen LogP contribution in [0.5, 0.6) is 5.75 Å². The third-order valence-corrected chi connectivity index (χ3v) is 7.18. The molecule has 0 radical (unpaired) electrons. The summed E-state index contributed by atoms with van der Waals surface area (Å²) >= 11 is 0. The molecule has 2 fully saturated rings. The number of aliphatic hydroxyl groups excluding tert-OH is 1. The Morgan fingerprint density at radius 2 is 1.84 bits per heavy atom. The Morgan fingerprint density at radius 3 is 2.47 bits per heavy atom. The molecule has 1 N–H and O–H groups in total. The highest BCUT2D eigenvalue weighted by atomic mass is 16.6. The lowest BCUT2D eigenvalue weighted by Gasteiger charge is -2.36. The molecule has 1 unspecified atom stereocenters. The van der Waals surface area contributed by atoms with Gasteiger partial charge in [0.05, 0.1) is 18.3 Å². The summed E-state index contributed by atoms with van der Waals surface area (Å²) in [7, 11) is 1.66. The fourth-order valence-electron chi connectivity index (χ4n) is 5.10. The van der Waals surface area contributed by atoms with E-state index in [4.69, 9.17) is 19.4 Å². The van der Waals surface area contributed by atoms with Gasteiger partial charge < -0.3 is 29.3 Å². The zero-order chi connectivity index (χ0) is 26.9. The molecule has 5 rings (SSSR count). The zero-order valence-corrected chi connectivity index (χ0v) is 22.7. The smallest absolute Gasteiger partial charge is 0.410 e. The van der Waals surface area contributed by atoms with Gasteiger partial charge in [0.25, 0.3) is 0 Å². The van der Waals surface area contributed by atoms with E-state index >= 15 is 0 Å². The van der Waals surface area contributed by atoms with Gasteiger partial charge in [-0.3, -0.25) is 0 Å². The lowest BCUT2D eigenvalue weighted by molar-refractivity contribution is 0.0240. The van der Waals surface area contributed by atoms with Gasteiger partial charge in [-0.25, -0.2) is 14.8 Å². The van der Waals surface area contributed by atoms with E-state index in [9.17, 15) is 9.90 Å². The number of anilines is 2. The maximum Gasteiger partial charge on any atom is 0.410 e. The van der Waals surface area contributed by atoms with E-state index in [2.05, 4.69) is 28.0 Å². The molecule has 38 heavy (non-hydrogen) atoms. The summed E-state index contributed by atoms with van der Waals surface area (Å²) in [5.74, 6) is 1.93. The van der Waals surface area contributed by atoms with Crippen molar-refractivity contribution in [2.24, 2.45) is 5.92 Å². The molecule has 9 heteroatoms. The van der Waals surface area contributed by atoms with Gasteiger partial charge in [0.15, 0.2) is 0 Å². The van der Waals surface area contributed by atoms with Crippen LogP contribution in [-0.4, -0.2) is 84.7 Å². The summed E-state index contributed by atoms with van der Waals surface area (Å²) in [6, 6.07) is 12.2. The minimum absolute atomic E-state index is 0.206. The van der Waals surface area contributed by atoms with Gasteiger partial charge >= 0.3 is 6.09 Å². The molecule has 2 aliphatic rings. The molecule has 2 aromatic heterocycles. The summed E-state index contributed by atoms with van der Waals surface area (Å²) in [5, 5.41) is 10.7. The number of hydrogen-bond acceptors (Lipinski definition) is 8. The molecule has 0 aliphatic carbocycles. The molecule has 0 bridgehead atoms. The molecule has 1 amide bonds. The van der Waals surface area contributed by atoms with Gasteiger partial charge in [0.1, 0.15) is 17.2 Å². The van der Waals surface area contributed by atoms with Crippen molar-refractivity contribution in [1.29, 1.82) is 0 Å². The predicted octanol–water partition coefficient (Wildman–Crippen LogP) is 4.18. The van der Waals surface area contributed by atoms with Crippen LogP contribution in [0.4, 0.5) is 16.3 Å². The summed E-state index contributed by atoms with van der Waals surface area (Å²) < 4.78 is 11.0. The first-order chi connectivity index (χ1) is 18.2. The highest BCUT2D eigenvalue weighted by Gasteiger charge is 2.27. The number of ether oxygens (including phenoxy) is 2. The average molecular weight is 520 g/mol. The maximum atomic E-state index is 12.4. The van der Waals surface area contributed by atoms with Crippen molar-refractivity contribution in [2.45, 2.75) is 32.8 Å². The minimum Gasteiger partial charge on any atom is -0.497 e. The topological polar surface area (TPSA) is 91.3 Å². The second-order valence-electron chi connectivity index (χ2n) is 11.1. The van der Waals surface area contributed by atoms with Gasteiger partial charge in [-0.1, -0.05) is 0 Å². The third-order valence-electron chi connectivity index (χ3n) is 7.18. The maximum absolute atomic E-state index is 12.4. The molecule has 9 nitrogen and oxygen atoms in total. The predicted molar refractivity (Wildman–Crippen MR) is 149 cm³/mol. The number of carbonyl (C=O) groups is 1. The highest BCUT2D eigenvalue weighted by Crippen LogP contribution is 2.35. The van der Waals surface area contributed by atoms with Crippen LogP contribution >= 0.6 is 0 Å². The largest absolute Gasteiger partial charge is 0.497 e. The molecule has 4 heterocycles. The summed E-state index contributed by atoms with van der Waals surface area (Å²) in [6.45, 7) is 10.2. The van der Waals surface area contributed by atoms with Gasteiger partial charge in [-0.05, 0) is 57.5 Å². The van der Waals surface area contributed by atoms with Crippen LogP contribution in [-0.2, 0) is 4.74 Å². The Morgan fingerprint density at radius 1 is 1.05 bits per heavy atom. The number of fused-ring (bicyclic) bond motifs is 1. The van der Waals surface area contributed by atoms with E-state index in [1.165, 1.54) is 0 Å². The second-order valence-corrected chi connectivity index (χ2v) is 11.1. The van der Waals surface area contributed by atoms with Crippen molar-refractivity contribution in [3.8, 4) is 17.0 Å². The number of carbonyl (C=O) groups excluding carboxylic acids is 1. The van der Waals surface area contributed by atoms with Crippen molar-refractivity contribution in [2.75, 3.05) is 62.8 Å². The molecule has 2 saturated heterocycles. The van der Waals surface area contributed by atoms with Crippen molar-refractivity contribution < 1.29 is 19.4 Å². The zero-order valence-electron chi connectivity index (χ0n) is 22.7. The van der Waals surface area contributed by atoms with E-state index in [0.29, 0.717) is 26.2 Å². The van der Waals surface area contributed by atoms with Crippen LogP contribution < -0.4 is 14.5 Å². The van der Waals surface area contributed by atoms with Gasteiger partial charge in [-0.15, -0.1) is 0 Å². The van der Waals surface area contributed by atoms with E-state index in [1.54, 1.807) is 12.0 Å². The van der Waals surface area contributed by atoms with Gasteiger partial charge in [0, 0.05) is 80.7 Å². The molecule has 3 aromatic rings. The number of benzene rings is 1. The van der Waals surface area contributed by atoms with Crippen LogP contribution in [0.2, 0.25) is 0 Å². The number of hydrogen-bond donors (Lipinski definition) is 1. The lowest BCUT2D eigenvalue weighted by atomic mass is 10.1. The number of pyridine rings is 2.